The molecule has 0 fully saturated rings. The third-order valence-electron chi connectivity index (χ3n) is 2.57. The summed E-state index contributed by atoms with van der Waals surface area (Å²) in [7, 11) is 0. The van der Waals surface area contributed by atoms with E-state index in [0.29, 0.717) is 10.8 Å². The number of anilines is 1. The Morgan fingerprint density at radius 3 is 2.39 bits per heavy atom. The van der Waals surface area contributed by atoms with Crippen molar-refractivity contribution in [3.8, 4) is 11.5 Å². The molecule has 0 aliphatic carbocycles. The highest BCUT2D eigenvalue weighted by atomic mass is 35.5. The Morgan fingerprint density at radius 1 is 1.09 bits per heavy atom. The molecule has 0 saturated carbocycles. The van der Waals surface area contributed by atoms with E-state index in [4.69, 9.17) is 16.3 Å². The first kappa shape index (κ1) is 17.0. The van der Waals surface area contributed by atoms with Crippen LogP contribution in [-0.2, 0) is 4.79 Å². The summed E-state index contributed by atoms with van der Waals surface area (Å²) in [6, 6.07) is 11.5. The number of carbonyl (C=O) groups is 1. The molecule has 0 radical (unpaired) electrons. The van der Waals surface area contributed by atoms with Gasteiger partial charge in [0.25, 0.3) is 5.91 Å². The number of rotatable bonds is 5. The number of alkyl halides is 3. The normalized spacial score (nSPS) is 11.0. The summed E-state index contributed by atoms with van der Waals surface area (Å²) in [5.41, 5.74) is -0.102. The Bertz CT molecular complexity index is 674. The number of nitrogens with one attached hydrogen (secondary N) is 1. The lowest BCUT2D eigenvalue weighted by atomic mass is 10.3. The van der Waals surface area contributed by atoms with E-state index in [1.165, 1.54) is 18.2 Å². The highest BCUT2D eigenvalue weighted by molar-refractivity contribution is 6.30. The zero-order chi connectivity index (χ0) is 16.9. The van der Waals surface area contributed by atoms with Crippen LogP contribution in [0.25, 0.3) is 0 Å². The van der Waals surface area contributed by atoms with E-state index in [1.807, 2.05) is 0 Å². The summed E-state index contributed by atoms with van der Waals surface area (Å²) >= 11 is 5.71. The van der Waals surface area contributed by atoms with Crippen molar-refractivity contribution < 1.29 is 27.4 Å². The molecule has 0 atom stereocenters. The molecule has 0 aliphatic heterocycles. The molecule has 0 aliphatic rings. The van der Waals surface area contributed by atoms with Crippen LogP contribution >= 0.6 is 11.6 Å². The molecule has 2 aromatic rings. The van der Waals surface area contributed by atoms with E-state index in [2.05, 4.69) is 10.1 Å². The molecule has 0 bridgehead atoms. The lowest BCUT2D eigenvalue weighted by Gasteiger charge is -2.14. The monoisotopic (exact) mass is 345 g/mol. The molecule has 1 amide bonds. The maximum absolute atomic E-state index is 12.3. The first-order valence-electron chi connectivity index (χ1n) is 6.36. The largest absolute Gasteiger partial charge is 0.573 e. The van der Waals surface area contributed by atoms with Crippen LogP contribution in [0.5, 0.6) is 11.5 Å². The van der Waals surface area contributed by atoms with Gasteiger partial charge in [0.1, 0.15) is 5.75 Å². The van der Waals surface area contributed by atoms with Gasteiger partial charge in [-0.3, -0.25) is 4.79 Å². The number of hydrogen-bond donors (Lipinski definition) is 1. The highest BCUT2D eigenvalue weighted by Gasteiger charge is 2.32. The minimum absolute atomic E-state index is 0.102. The van der Waals surface area contributed by atoms with Gasteiger partial charge in [-0.25, -0.2) is 0 Å². The third kappa shape index (κ3) is 5.71. The Kier molecular flexibility index (Phi) is 5.33. The van der Waals surface area contributed by atoms with Gasteiger partial charge >= 0.3 is 6.36 Å². The van der Waals surface area contributed by atoms with Gasteiger partial charge in [-0.05, 0) is 36.4 Å². The number of hydrogen-bond acceptors (Lipinski definition) is 3. The van der Waals surface area contributed by atoms with E-state index < -0.39 is 18.0 Å². The van der Waals surface area contributed by atoms with Crippen LogP contribution in [-0.4, -0.2) is 18.9 Å². The van der Waals surface area contributed by atoms with Crippen LogP contribution in [0.15, 0.2) is 48.5 Å². The predicted molar refractivity (Wildman–Crippen MR) is 78.7 cm³/mol. The van der Waals surface area contributed by atoms with Crippen LogP contribution in [0, 0.1) is 0 Å². The summed E-state index contributed by atoms with van der Waals surface area (Å²) in [5, 5.41) is 2.81. The topological polar surface area (TPSA) is 47.6 Å². The Labute approximate surface area is 134 Å². The summed E-state index contributed by atoms with van der Waals surface area (Å²) in [6.07, 6.45) is -4.85. The van der Waals surface area contributed by atoms with Crippen molar-refractivity contribution >= 4 is 23.2 Å². The standard InChI is InChI=1S/C15H11ClF3NO3/c16-10-5-7-11(8-6-10)22-9-14(21)20-12-3-1-2-4-13(12)23-15(17,18)19/h1-8H,9H2,(H,20,21). The average Bonchev–Trinajstić information content (AvgIpc) is 2.47. The van der Waals surface area contributed by atoms with Crippen molar-refractivity contribution in [3.63, 3.8) is 0 Å². The molecule has 0 spiro atoms. The van der Waals surface area contributed by atoms with Crippen molar-refractivity contribution in [2.24, 2.45) is 0 Å². The molecule has 23 heavy (non-hydrogen) atoms. The Hall–Kier alpha value is -2.41. The molecule has 2 rings (SSSR count). The van der Waals surface area contributed by atoms with Gasteiger partial charge < -0.3 is 14.8 Å². The molecular weight excluding hydrogens is 335 g/mol. The first-order chi connectivity index (χ1) is 10.8. The lowest BCUT2D eigenvalue weighted by molar-refractivity contribution is -0.274. The molecule has 8 heteroatoms. The quantitative estimate of drug-likeness (QED) is 0.881. The number of para-hydroxylation sites is 2. The van der Waals surface area contributed by atoms with E-state index >= 15 is 0 Å². The molecule has 4 nitrogen and oxygen atoms in total. The molecule has 0 saturated heterocycles. The van der Waals surface area contributed by atoms with Crippen molar-refractivity contribution in [3.05, 3.63) is 53.6 Å². The minimum atomic E-state index is -4.85. The summed E-state index contributed by atoms with van der Waals surface area (Å²) in [6.45, 7) is -0.373. The number of halogens is 4. The van der Waals surface area contributed by atoms with Crippen LogP contribution in [0.3, 0.4) is 0 Å². The second-order valence-corrected chi connectivity index (χ2v) is 4.77. The van der Waals surface area contributed by atoms with Crippen molar-refractivity contribution in [1.29, 1.82) is 0 Å². The van der Waals surface area contributed by atoms with E-state index in [-0.39, 0.29) is 12.3 Å². The van der Waals surface area contributed by atoms with Crippen molar-refractivity contribution in [1.82, 2.24) is 0 Å². The Morgan fingerprint density at radius 2 is 1.74 bits per heavy atom. The SMILES string of the molecule is O=C(COc1ccc(Cl)cc1)Nc1ccccc1OC(F)(F)F. The van der Waals surface area contributed by atoms with Gasteiger partial charge in [0.2, 0.25) is 0 Å². The molecule has 0 heterocycles. The van der Waals surface area contributed by atoms with E-state index in [0.717, 1.165) is 6.07 Å². The maximum atomic E-state index is 12.3. The molecule has 2 aromatic carbocycles. The van der Waals surface area contributed by atoms with Gasteiger partial charge in [0, 0.05) is 5.02 Å². The lowest BCUT2D eigenvalue weighted by Crippen LogP contribution is -2.22. The minimum Gasteiger partial charge on any atom is -0.484 e. The van der Waals surface area contributed by atoms with E-state index in [9.17, 15) is 18.0 Å². The van der Waals surface area contributed by atoms with Gasteiger partial charge in [-0.2, -0.15) is 0 Å². The van der Waals surface area contributed by atoms with E-state index in [1.54, 1.807) is 24.3 Å². The van der Waals surface area contributed by atoms with Crippen LogP contribution < -0.4 is 14.8 Å². The zero-order valence-corrected chi connectivity index (χ0v) is 12.3. The van der Waals surface area contributed by atoms with Crippen LogP contribution in [0.4, 0.5) is 18.9 Å². The third-order valence-corrected chi connectivity index (χ3v) is 2.82. The summed E-state index contributed by atoms with van der Waals surface area (Å²) < 4.78 is 45.9. The fourth-order valence-electron chi connectivity index (χ4n) is 1.65. The molecule has 0 aromatic heterocycles. The number of carbonyl (C=O) groups excluding carboxylic acids is 1. The van der Waals surface area contributed by atoms with Gasteiger partial charge in [-0.15, -0.1) is 13.2 Å². The fraction of sp³-hybridized carbons (Fsp3) is 0.133. The van der Waals surface area contributed by atoms with Crippen molar-refractivity contribution in [2.45, 2.75) is 6.36 Å². The average molecular weight is 346 g/mol. The number of benzene rings is 2. The number of amides is 1. The molecular formula is C15H11ClF3NO3. The summed E-state index contributed by atoms with van der Waals surface area (Å²) in [5.74, 6) is -0.720. The maximum Gasteiger partial charge on any atom is 0.573 e. The highest BCUT2D eigenvalue weighted by Crippen LogP contribution is 2.29. The van der Waals surface area contributed by atoms with Gasteiger partial charge in [0.05, 0.1) is 5.69 Å². The second-order valence-electron chi connectivity index (χ2n) is 4.33. The first-order valence-corrected chi connectivity index (χ1v) is 6.74. The molecule has 122 valence electrons. The van der Waals surface area contributed by atoms with Crippen LogP contribution in [0.1, 0.15) is 0 Å². The molecule has 0 unspecified atom stereocenters. The molecule has 1 N–H and O–H groups in total. The summed E-state index contributed by atoms with van der Waals surface area (Å²) in [4.78, 5) is 11.8. The number of ether oxygens (including phenoxy) is 2. The van der Waals surface area contributed by atoms with Crippen molar-refractivity contribution in [2.75, 3.05) is 11.9 Å². The zero-order valence-electron chi connectivity index (χ0n) is 11.6. The second kappa shape index (κ2) is 7.23. The van der Waals surface area contributed by atoms with Gasteiger partial charge in [-0.1, -0.05) is 23.7 Å². The predicted octanol–water partition coefficient (Wildman–Crippen LogP) is 4.26. The van der Waals surface area contributed by atoms with Gasteiger partial charge in [0.15, 0.2) is 12.4 Å². The van der Waals surface area contributed by atoms with Crippen LogP contribution in [0.2, 0.25) is 5.02 Å². The smallest absolute Gasteiger partial charge is 0.484 e. The fourth-order valence-corrected chi connectivity index (χ4v) is 1.78. The Balaban J connectivity index is 1.96.